The van der Waals surface area contributed by atoms with E-state index in [1.54, 1.807) is 6.20 Å². The summed E-state index contributed by atoms with van der Waals surface area (Å²) >= 11 is 6.49. The Kier molecular flexibility index (Phi) is 5.43. The van der Waals surface area contributed by atoms with Crippen LogP contribution in [-0.4, -0.2) is 77.1 Å². The van der Waals surface area contributed by atoms with Gasteiger partial charge in [-0.3, -0.25) is 4.79 Å². The Hall–Kier alpha value is -2.64. The van der Waals surface area contributed by atoms with Crippen molar-refractivity contribution in [2.24, 2.45) is 7.05 Å². The molecule has 0 saturated carbocycles. The molecule has 1 fully saturated rings. The van der Waals surface area contributed by atoms with Crippen LogP contribution in [0.25, 0.3) is 22.4 Å². The van der Waals surface area contributed by atoms with Crippen LogP contribution >= 0.6 is 11.6 Å². The van der Waals surface area contributed by atoms with Crippen molar-refractivity contribution in [2.45, 2.75) is 0 Å². The van der Waals surface area contributed by atoms with Gasteiger partial charge in [0.1, 0.15) is 11.6 Å². The van der Waals surface area contributed by atoms with Crippen molar-refractivity contribution in [1.29, 1.82) is 0 Å². The van der Waals surface area contributed by atoms with Gasteiger partial charge in [-0.1, -0.05) is 23.7 Å². The number of piperazine rings is 1. The van der Waals surface area contributed by atoms with Gasteiger partial charge >= 0.3 is 0 Å². The molecule has 0 atom stereocenters. The molecule has 1 aliphatic heterocycles. The van der Waals surface area contributed by atoms with Crippen LogP contribution < -0.4 is 4.90 Å². The summed E-state index contributed by atoms with van der Waals surface area (Å²) in [5, 5.41) is 0.576. The first-order valence-electron chi connectivity index (χ1n) is 9.69. The number of pyridine rings is 1. The molecule has 3 aromatic rings. The molecule has 0 unspecified atom stereocenters. The van der Waals surface area contributed by atoms with Gasteiger partial charge < -0.3 is 19.3 Å². The molecule has 0 spiro atoms. The van der Waals surface area contributed by atoms with E-state index in [9.17, 15) is 4.79 Å². The molecule has 2 aromatic heterocycles. The van der Waals surface area contributed by atoms with Crippen molar-refractivity contribution in [3.05, 3.63) is 41.6 Å². The predicted molar refractivity (Wildman–Crippen MR) is 116 cm³/mol. The maximum atomic E-state index is 12.3. The SMILES string of the molecule is CN(C)CC(=O)N1CCN(c2cc(-c3nc4ccccc4n3C)c(Cl)cn2)CC1. The van der Waals surface area contributed by atoms with Crippen LogP contribution in [0.1, 0.15) is 0 Å². The van der Waals surface area contributed by atoms with Gasteiger partial charge in [0.25, 0.3) is 0 Å². The molecule has 1 amide bonds. The molecule has 8 heteroatoms. The van der Waals surface area contributed by atoms with E-state index in [4.69, 9.17) is 16.6 Å². The highest BCUT2D eigenvalue weighted by atomic mass is 35.5. The highest BCUT2D eigenvalue weighted by Crippen LogP contribution is 2.31. The third kappa shape index (κ3) is 3.93. The minimum absolute atomic E-state index is 0.166. The Bertz CT molecular complexity index is 1040. The zero-order valence-corrected chi connectivity index (χ0v) is 17.7. The second-order valence-corrected chi connectivity index (χ2v) is 8.02. The van der Waals surface area contributed by atoms with E-state index < -0.39 is 0 Å². The molecule has 7 nitrogen and oxygen atoms in total. The molecule has 29 heavy (non-hydrogen) atoms. The average molecular weight is 413 g/mol. The van der Waals surface area contributed by atoms with Gasteiger partial charge in [-0.15, -0.1) is 0 Å². The van der Waals surface area contributed by atoms with E-state index in [0.29, 0.717) is 24.7 Å². The number of aryl methyl sites for hydroxylation is 1. The van der Waals surface area contributed by atoms with Gasteiger partial charge in [0.05, 0.1) is 22.6 Å². The number of carbonyl (C=O) groups is 1. The molecule has 152 valence electrons. The number of anilines is 1. The third-order valence-corrected chi connectivity index (χ3v) is 5.58. The number of amides is 1. The zero-order chi connectivity index (χ0) is 20.5. The quantitative estimate of drug-likeness (QED) is 0.659. The second-order valence-electron chi connectivity index (χ2n) is 7.61. The number of hydrogen-bond acceptors (Lipinski definition) is 5. The van der Waals surface area contributed by atoms with E-state index in [0.717, 1.165) is 41.3 Å². The molecule has 0 bridgehead atoms. The largest absolute Gasteiger partial charge is 0.353 e. The molecule has 4 rings (SSSR count). The summed E-state index contributed by atoms with van der Waals surface area (Å²) in [5.74, 6) is 1.84. The Balaban J connectivity index is 1.56. The molecule has 1 aromatic carbocycles. The van der Waals surface area contributed by atoms with Crippen LogP contribution in [0.15, 0.2) is 36.5 Å². The maximum absolute atomic E-state index is 12.3. The second kappa shape index (κ2) is 8.00. The lowest BCUT2D eigenvalue weighted by atomic mass is 10.2. The summed E-state index contributed by atoms with van der Waals surface area (Å²) in [6, 6.07) is 10.0. The summed E-state index contributed by atoms with van der Waals surface area (Å²) in [7, 11) is 5.82. The van der Waals surface area contributed by atoms with Gasteiger partial charge in [0.15, 0.2) is 0 Å². The van der Waals surface area contributed by atoms with Crippen molar-refractivity contribution in [3.63, 3.8) is 0 Å². The summed E-state index contributed by atoms with van der Waals surface area (Å²) in [6.07, 6.45) is 1.69. The fraction of sp³-hybridized carbons (Fsp3) is 0.381. The van der Waals surface area contributed by atoms with Crippen molar-refractivity contribution in [2.75, 3.05) is 51.7 Å². The predicted octanol–water partition coefficient (Wildman–Crippen LogP) is 2.50. The number of likely N-dealkylation sites (N-methyl/N-ethyl adjacent to an activating group) is 1. The molecule has 1 aliphatic rings. The van der Waals surface area contributed by atoms with Gasteiger partial charge in [-0.25, -0.2) is 9.97 Å². The van der Waals surface area contributed by atoms with E-state index in [1.807, 2.05) is 61.3 Å². The summed E-state index contributed by atoms with van der Waals surface area (Å²) in [4.78, 5) is 27.6. The Morgan fingerprint density at radius 1 is 1.17 bits per heavy atom. The standard InChI is InChI=1S/C21H25ClN6O/c1-25(2)14-20(29)28-10-8-27(9-11-28)19-12-15(16(22)13-23-19)21-24-17-6-4-5-7-18(17)26(21)3/h4-7,12-13H,8-11,14H2,1-3H3. The number of para-hydroxylation sites is 2. The van der Waals surface area contributed by atoms with Gasteiger partial charge in [-0.05, 0) is 32.3 Å². The van der Waals surface area contributed by atoms with Gasteiger partial charge in [0, 0.05) is 45.0 Å². The van der Waals surface area contributed by atoms with Crippen LogP contribution in [0.3, 0.4) is 0 Å². The van der Waals surface area contributed by atoms with Crippen molar-refractivity contribution < 1.29 is 4.79 Å². The van der Waals surface area contributed by atoms with E-state index in [-0.39, 0.29) is 5.91 Å². The fourth-order valence-electron chi connectivity index (χ4n) is 3.71. The van der Waals surface area contributed by atoms with Crippen LogP contribution in [-0.2, 0) is 11.8 Å². The molecule has 0 N–H and O–H groups in total. The molecule has 0 radical (unpaired) electrons. The number of hydrogen-bond donors (Lipinski definition) is 0. The number of aromatic nitrogens is 3. The number of fused-ring (bicyclic) bond motifs is 1. The molecular weight excluding hydrogens is 388 g/mol. The number of carbonyl (C=O) groups excluding carboxylic acids is 1. The first kappa shape index (κ1) is 19.7. The van der Waals surface area contributed by atoms with Crippen molar-refractivity contribution in [1.82, 2.24) is 24.3 Å². The lowest BCUT2D eigenvalue weighted by Crippen LogP contribution is -2.51. The molecule has 3 heterocycles. The van der Waals surface area contributed by atoms with Crippen molar-refractivity contribution in [3.8, 4) is 11.4 Å². The van der Waals surface area contributed by atoms with Crippen LogP contribution in [0.2, 0.25) is 5.02 Å². The van der Waals surface area contributed by atoms with Gasteiger partial charge in [0.2, 0.25) is 5.91 Å². The third-order valence-electron chi connectivity index (χ3n) is 5.28. The lowest BCUT2D eigenvalue weighted by molar-refractivity contribution is -0.132. The number of halogens is 1. The highest BCUT2D eigenvalue weighted by molar-refractivity contribution is 6.33. The number of benzene rings is 1. The minimum atomic E-state index is 0.166. The Labute approximate surface area is 175 Å². The lowest BCUT2D eigenvalue weighted by Gasteiger charge is -2.36. The van der Waals surface area contributed by atoms with E-state index in [1.165, 1.54) is 0 Å². The van der Waals surface area contributed by atoms with E-state index >= 15 is 0 Å². The molecular formula is C21H25ClN6O. The normalized spacial score (nSPS) is 14.8. The van der Waals surface area contributed by atoms with E-state index in [2.05, 4.69) is 14.5 Å². The fourth-order valence-corrected chi connectivity index (χ4v) is 3.90. The summed E-state index contributed by atoms with van der Waals surface area (Å²) < 4.78 is 2.05. The smallest absolute Gasteiger partial charge is 0.236 e. The first-order valence-corrected chi connectivity index (χ1v) is 10.1. The summed E-state index contributed by atoms with van der Waals surface area (Å²) in [6.45, 7) is 3.32. The zero-order valence-electron chi connectivity index (χ0n) is 17.0. The number of nitrogens with zero attached hydrogens (tertiary/aromatic N) is 6. The number of imidazole rings is 1. The first-order chi connectivity index (χ1) is 13.9. The van der Waals surface area contributed by atoms with Crippen molar-refractivity contribution >= 4 is 34.4 Å². The van der Waals surface area contributed by atoms with Crippen LogP contribution in [0.5, 0.6) is 0 Å². The Morgan fingerprint density at radius 3 is 2.59 bits per heavy atom. The Morgan fingerprint density at radius 2 is 1.90 bits per heavy atom. The summed E-state index contributed by atoms with van der Waals surface area (Å²) in [5.41, 5.74) is 2.86. The average Bonchev–Trinajstić information content (AvgIpc) is 3.05. The van der Waals surface area contributed by atoms with Crippen LogP contribution in [0, 0.1) is 0 Å². The molecule has 1 saturated heterocycles. The number of rotatable bonds is 4. The highest BCUT2D eigenvalue weighted by Gasteiger charge is 2.23. The maximum Gasteiger partial charge on any atom is 0.236 e. The van der Waals surface area contributed by atoms with Crippen LogP contribution in [0.4, 0.5) is 5.82 Å². The monoisotopic (exact) mass is 412 g/mol. The topological polar surface area (TPSA) is 57.5 Å². The van der Waals surface area contributed by atoms with Gasteiger partial charge in [-0.2, -0.15) is 0 Å². The minimum Gasteiger partial charge on any atom is -0.353 e. The molecule has 0 aliphatic carbocycles.